The SMILES string of the molecule is O=C(CCn1ccc2ccccc21)Oc1ccc(NC(=O)c2ccccc2)cc1. The Morgan fingerprint density at radius 2 is 1.55 bits per heavy atom. The van der Waals surface area contributed by atoms with Crippen molar-refractivity contribution in [1.82, 2.24) is 4.57 Å². The van der Waals surface area contributed by atoms with E-state index in [9.17, 15) is 9.59 Å². The molecule has 1 amide bonds. The van der Waals surface area contributed by atoms with Gasteiger partial charge in [0.15, 0.2) is 0 Å². The van der Waals surface area contributed by atoms with Crippen molar-refractivity contribution < 1.29 is 14.3 Å². The van der Waals surface area contributed by atoms with Gasteiger partial charge in [-0.15, -0.1) is 0 Å². The number of benzene rings is 3. The Hall–Kier alpha value is -3.86. The summed E-state index contributed by atoms with van der Waals surface area (Å²) in [5.74, 6) is -0.0387. The summed E-state index contributed by atoms with van der Waals surface area (Å²) in [6.45, 7) is 0.553. The van der Waals surface area contributed by atoms with Crippen molar-refractivity contribution in [3.05, 3.63) is 96.7 Å². The van der Waals surface area contributed by atoms with E-state index >= 15 is 0 Å². The molecule has 0 aliphatic rings. The minimum atomic E-state index is -0.302. The molecule has 1 aromatic heterocycles. The van der Waals surface area contributed by atoms with Crippen molar-refractivity contribution in [3.63, 3.8) is 0 Å². The van der Waals surface area contributed by atoms with Crippen LogP contribution in [-0.4, -0.2) is 16.4 Å². The fraction of sp³-hybridized carbons (Fsp3) is 0.0833. The van der Waals surface area contributed by atoms with Gasteiger partial charge in [-0.1, -0.05) is 36.4 Å². The van der Waals surface area contributed by atoms with Crippen molar-refractivity contribution in [3.8, 4) is 5.75 Å². The lowest BCUT2D eigenvalue weighted by molar-refractivity contribution is -0.134. The number of esters is 1. The molecule has 0 aliphatic carbocycles. The largest absolute Gasteiger partial charge is 0.426 e. The Balaban J connectivity index is 1.31. The Bertz CT molecular complexity index is 1130. The van der Waals surface area contributed by atoms with Gasteiger partial charge in [-0.05, 0) is 53.9 Å². The highest BCUT2D eigenvalue weighted by atomic mass is 16.5. The van der Waals surface area contributed by atoms with Gasteiger partial charge in [0.25, 0.3) is 5.91 Å². The second kappa shape index (κ2) is 8.44. The maximum atomic E-state index is 12.2. The summed E-state index contributed by atoms with van der Waals surface area (Å²) >= 11 is 0. The average Bonchev–Trinajstić information content (AvgIpc) is 3.17. The molecule has 29 heavy (non-hydrogen) atoms. The summed E-state index contributed by atoms with van der Waals surface area (Å²) in [5, 5.41) is 3.96. The van der Waals surface area contributed by atoms with E-state index in [0.717, 1.165) is 10.9 Å². The van der Waals surface area contributed by atoms with Gasteiger partial charge in [0.05, 0.1) is 6.42 Å². The fourth-order valence-electron chi connectivity index (χ4n) is 3.13. The molecule has 5 nitrogen and oxygen atoms in total. The number of rotatable bonds is 6. The smallest absolute Gasteiger partial charge is 0.312 e. The molecule has 0 radical (unpaired) electrons. The van der Waals surface area contributed by atoms with E-state index in [-0.39, 0.29) is 18.3 Å². The third kappa shape index (κ3) is 4.52. The molecule has 0 aliphatic heterocycles. The van der Waals surface area contributed by atoms with E-state index in [0.29, 0.717) is 23.5 Å². The lowest BCUT2D eigenvalue weighted by atomic mass is 10.2. The van der Waals surface area contributed by atoms with E-state index in [1.54, 1.807) is 36.4 Å². The van der Waals surface area contributed by atoms with E-state index in [1.807, 2.05) is 59.3 Å². The minimum Gasteiger partial charge on any atom is -0.426 e. The Kier molecular flexibility index (Phi) is 5.38. The monoisotopic (exact) mass is 384 g/mol. The molecule has 0 bridgehead atoms. The van der Waals surface area contributed by atoms with Gasteiger partial charge in [-0.3, -0.25) is 9.59 Å². The number of amides is 1. The molecule has 3 aromatic carbocycles. The lowest BCUT2D eigenvalue weighted by Gasteiger charge is -2.08. The topological polar surface area (TPSA) is 60.3 Å². The van der Waals surface area contributed by atoms with Gasteiger partial charge in [-0.2, -0.15) is 0 Å². The summed E-state index contributed by atoms with van der Waals surface area (Å²) < 4.78 is 7.44. The molecule has 0 saturated carbocycles. The number of para-hydroxylation sites is 1. The third-order valence-corrected chi connectivity index (χ3v) is 4.62. The van der Waals surface area contributed by atoms with Crippen molar-refractivity contribution in [1.29, 1.82) is 0 Å². The van der Waals surface area contributed by atoms with Crippen LogP contribution < -0.4 is 10.1 Å². The zero-order valence-electron chi connectivity index (χ0n) is 15.7. The van der Waals surface area contributed by atoms with Crippen molar-refractivity contribution >= 4 is 28.5 Å². The van der Waals surface area contributed by atoms with Crippen molar-refractivity contribution in [2.24, 2.45) is 0 Å². The second-order valence-corrected chi connectivity index (χ2v) is 6.64. The number of anilines is 1. The molecule has 0 atom stereocenters. The van der Waals surface area contributed by atoms with Crippen LogP contribution in [0.1, 0.15) is 16.8 Å². The molecule has 0 saturated heterocycles. The lowest BCUT2D eigenvalue weighted by Crippen LogP contribution is -2.12. The van der Waals surface area contributed by atoms with Crippen LogP contribution in [0.2, 0.25) is 0 Å². The Morgan fingerprint density at radius 3 is 2.34 bits per heavy atom. The number of carbonyl (C=O) groups excluding carboxylic acids is 2. The molecule has 1 N–H and O–H groups in total. The highest BCUT2D eigenvalue weighted by Gasteiger charge is 2.08. The summed E-state index contributed by atoms with van der Waals surface area (Å²) in [4.78, 5) is 24.4. The number of nitrogens with one attached hydrogen (secondary N) is 1. The van der Waals surface area contributed by atoms with Gasteiger partial charge in [-0.25, -0.2) is 0 Å². The van der Waals surface area contributed by atoms with E-state index in [2.05, 4.69) is 5.32 Å². The first kappa shape index (κ1) is 18.5. The first-order valence-corrected chi connectivity index (χ1v) is 9.40. The van der Waals surface area contributed by atoms with Crippen LogP contribution in [0.4, 0.5) is 5.69 Å². The summed E-state index contributed by atoms with van der Waals surface area (Å²) in [5.41, 5.74) is 2.32. The highest BCUT2D eigenvalue weighted by molar-refractivity contribution is 6.04. The van der Waals surface area contributed by atoms with Gasteiger partial charge in [0.1, 0.15) is 5.75 Å². The van der Waals surface area contributed by atoms with Crippen LogP contribution in [0, 0.1) is 0 Å². The number of hydrogen-bond donors (Lipinski definition) is 1. The molecule has 4 rings (SSSR count). The predicted octanol–water partition coefficient (Wildman–Crippen LogP) is 4.89. The molecule has 0 unspecified atom stereocenters. The maximum Gasteiger partial charge on any atom is 0.312 e. The molecular formula is C24H20N2O3. The Labute approximate surface area is 168 Å². The van der Waals surface area contributed by atoms with Gasteiger partial charge < -0.3 is 14.6 Å². The molecule has 0 spiro atoms. The first-order chi connectivity index (χ1) is 14.2. The van der Waals surface area contributed by atoms with Crippen molar-refractivity contribution in [2.45, 2.75) is 13.0 Å². The molecule has 144 valence electrons. The normalized spacial score (nSPS) is 10.6. The molecular weight excluding hydrogens is 364 g/mol. The van der Waals surface area contributed by atoms with Crippen LogP contribution in [0.15, 0.2) is 91.1 Å². The summed E-state index contributed by atoms with van der Waals surface area (Å²) in [6.07, 6.45) is 2.24. The van der Waals surface area contributed by atoms with Crippen LogP contribution in [0.5, 0.6) is 5.75 Å². The highest BCUT2D eigenvalue weighted by Crippen LogP contribution is 2.18. The molecule has 0 fully saturated rings. The second-order valence-electron chi connectivity index (χ2n) is 6.64. The summed E-state index contributed by atoms with van der Waals surface area (Å²) in [7, 11) is 0. The van der Waals surface area contributed by atoms with E-state index in [4.69, 9.17) is 4.74 Å². The quantitative estimate of drug-likeness (QED) is 0.380. The number of hydrogen-bond acceptors (Lipinski definition) is 3. The maximum absolute atomic E-state index is 12.2. The van der Waals surface area contributed by atoms with E-state index < -0.39 is 0 Å². The number of aryl methyl sites for hydroxylation is 1. The summed E-state index contributed by atoms with van der Waals surface area (Å²) in [6, 6.07) is 25.8. The van der Waals surface area contributed by atoms with E-state index in [1.165, 1.54) is 0 Å². The predicted molar refractivity (Wildman–Crippen MR) is 113 cm³/mol. The number of nitrogens with zero attached hydrogens (tertiary/aromatic N) is 1. The number of aromatic nitrogens is 1. The van der Waals surface area contributed by atoms with Gasteiger partial charge >= 0.3 is 5.97 Å². The number of carbonyl (C=O) groups is 2. The zero-order chi connectivity index (χ0) is 20.1. The van der Waals surface area contributed by atoms with Crippen LogP contribution >= 0.6 is 0 Å². The third-order valence-electron chi connectivity index (χ3n) is 4.62. The van der Waals surface area contributed by atoms with Gasteiger partial charge in [0, 0.05) is 29.5 Å². The van der Waals surface area contributed by atoms with Crippen molar-refractivity contribution in [2.75, 3.05) is 5.32 Å². The molecule has 1 heterocycles. The first-order valence-electron chi connectivity index (χ1n) is 9.40. The van der Waals surface area contributed by atoms with Crippen LogP contribution in [0.3, 0.4) is 0 Å². The fourth-order valence-corrected chi connectivity index (χ4v) is 3.13. The average molecular weight is 384 g/mol. The zero-order valence-corrected chi connectivity index (χ0v) is 15.7. The standard InChI is InChI=1S/C24H20N2O3/c27-23(15-17-26-16-14-18-6-4-5-9-22(18)26)29-21-12-10-20(11-13-21)25-24(28)19-7-2-1-3-8-19/h1-14,16H,15,17H2,(H,25,28). The number of ether oxygens (including phenoxy) is 1. The van der Waals surface area contributed by atoms with Gasteiger partial charge in [0.2, 0.25) is 0 Å². The Morgan fingerprint density at radius 1 is 0.828 bits per heavy atom. The number of fused-ring (bicyclic) bond motifs is 1. The van der Waals surface area contributed by atoms with Crippen LogP contribution in [0.25, 0.3) is 10.9 Å². The van der Waals surface area contributed by atoms with Crippen LogP contribution in [-0.2, 0) is 11.3 Å². The molecule has 4 aromatic rings. The minimum absolute atomic E-state index is 0.186. The molecule has 5 heteroatoms.